The summed E-state index contributed by atoms with van der Waals surface area (Å²) in [5.41, 5.74) is 6.63. The number of nitrogens with zero attached hydrogens (tertiary/aromatic N) is 4. The first-order valence-electron chi connectivity index (χ1n) is 6.71. The van der Waals surface area contributed by atoms with Gasteiger partial charge in [-0.25, -0.2) is 8.42 Å². The minimum Gasteiger partial charge on any atom is -0.381 e. The van der Waals surface area contributed by atoms with Crippen molar-refractivity contribution >= 4 is 15.8 Å². The molecule has 112 valence electrons. The number of nitrogen functional groups attached to an aromatic ring is 1. The summed E-state index contributed by atoms with van der Waals surface area (Å²) >= 11 is 0. The zero-order valence-electron chi connectivity index (χ0n) is 11.7. The lowest BCUT2D eigenvalue weighted by atomic mass is 10.1. The van der Waals surface area contributed by atoms with Gasteiger partial charge in [-0.2, -0.15) is 9.40 Å². The van der Waals surface area contributed by atoms with E-state index in [9.17, 15) is 8.42 Å². The van der Waals surface area contributed by atoms with Gasteiger partial charge >= 0.3 is 0 Å². The molecule has 1 atom stereocenters. The van der Waals surface area contributed by atoms with E-state index in [0.29, 0.717) is 6.54 Å². The first kappa shape index (κ1) is 14.0. The Morgan fingerprint density at radius 1 is 1.43 bits per heavy atom. The monoisotopic (exact) mass is 307 g/mol. The summed E-state index contributed by atoms with van der Waals surface area (Å²) in [5.74, 6) is 0.0364. The molecule has 1 aliphatic heterocycles. The predicted octanol–water partition coefficient (Wildman–Crippen LogP) is 0.923. The molecule has 3 rings (SSSR count). The van der Waals surface area contributed by atoms with Crippen molar-refractivity contribution in [1.82, 2.24) is 19.1 Å². The Kier molecular flexibility index (Phi) is 3.42. The van der Waals surface area contributed by atoms with Crippen LogP contribution in [0.1, 0.15) is 24.4 Å². The smallest absolute Gasteiger partial charge is 0.248 e. The fourth-order valence-corrected chi connectivity index (χ4v) is 4.52. The Labute approximate surface area is 123 Å². The van der Waals surface area contributed by atoms with Gasteiger partial charge in [-0.05, 0) is 24.5 Å². The highest BCUT2D eigenvalue weighted by Gasteiger charge is 2.38. The van der Waals surface area contributed by atoms with Gasteiger partial charge in [-0.3, -0.25) is 9.67 Å². The van der Waals surface area contributed by atoms with Crippen LogP contribution in [0.15, 0.2) is 35.6 Å². The van der Waals surface area contributed by atoms with Crippen LogP contribution in [0.4, 0.5) is 5.82 Å². The van der Waals surface area contributed by atoms with E-state index in [4.69, 9.17) is 5.73 Å². The van der Waals surface area contributed by atoms with Gasteiger partial charge in [-0.1, -0.05) is 6.07 Å². The molecule has 0 spiro atoms. The summed E-state index contributed by atoms with van der Waals surface area (Å²) in [6.45, 7) is 0.482. The molecule has 1 saturated heterocycles. The van der Waals surface area contributed by atoms with Crippen LogP contribution in [0.3, 0.4) is 0 Å². The Bertz CT molecular complexity index is 741. The minimum absolute atomic E-state index is 0.0364. The largest absolute Gasteiger partial charge is 0.381 e. The molecule has 2 N–H and O–H groups in total. The first-order chi connectivity index (χ1) is 10.00. The van der Waals surface area contributed by atoms with Crippen molar-refractivity contribution in [3.8, 4) is 0 Å². The molecular weight excluding hydrogens is 290 g/mol. The number of nitrogens with two attached hydrogens (primary N) is 1. The van der Waals surface area contributed by atoms with Gasteiger partial charge in [0.2, 0.25) is 10.0 Å². The van der Waals surface area contributed by atoms with Crippen LogP contribution in [0.2, 0.25) is 0 Å². The van der Waals surface area contributed by atoms with Gasteiger partial charge < -0.3 is 5.73 Å². The average molecular weight is 307 g/mol. The van der Waals surface area contributed by atoms with Crippen molar-refractivity contribution in [2.75, 3.05) is 12.3 Å². The standard InChI is InChI=1S/C13H17N5O2S/c1-17-9-12(13(14)16-17)21(19,20)18-7-3-5-11(18)10-4-2-6-15-8-10/h2,4,6,8-9,11H,3,5,7H2,1H3,(H2,14,16). The van der Waals surface area contributed by atoms with Gasteiger partial charge in [0.05, 0.1) is 6.04 Å². The quantitative estimate of drug-likeness (QED) is 0.910. The van der Waals surface area contributed by atoms with Crippen LogP contribution >= 0.6 is 0 Å². The van der Waals surface area contributed by atoms with E-state index in [0.717, 1.165) is 18.4 Å². The number of anilines is 1. The molecule has 0 radical (unpaired) electrons. The molecule has 3 heterocycles. The van der Waals surface area contributed by atoms with Gasteiger partial charge in [-0.15, -0.1) is 0 Å². The number of sulfonamides is 1. The van der Waals surface area contributed by atoms with Crippen molar-refractivity contribution in [2.24, 2.45) is 7.05 Å². The first-order valence-corrected chi connectivity index (χ1v) is 8.15. The highest BCUT2D eigenvalue weighted by Crippen LogP contribution is 2.37. The van der Waals surface area contributed by atoms with E-state index in [1.807, 2.05) is 12.1 Å². The molecule has 1 unspecified atom stereocenters. The minimum atomic E-state index is -3.65. The molecule has 2 aromatic rings. The highest BCUT2D eigenvalue weighted by atomic mass is 32.2. The van der Waals surface area contributed by atoms with Gasteiger partial charge in [0, 0.05) is 32.2 Å². The molecule has 1 aliphatic rings. The van der Waals surface area contributed by atoms with E-state index in [1.54, 1.807) is 19.4 Å². The zero-order valence-corrected chi connectivity index (χ0v) is 12.5. The van der Waals surface area contributed by atoms with Crippen molar-refractivity contribution in [1.29, 1.82) is 0 Å². The molecule has 2 aromatic heterocycles. The molecule has 1 fully saturated rings. The number of aryl methyl sites for hydroxylation is 1. The lowest BCUT2D eigenvalue weighted by Gasteiger charge is -2.23. The molecule has 0 aliphatic carbocycles. The zero-order chi connectivity index (χ0) is 15.0. The van der Waals surface area contributed by atoms with Gasteiger partial charge in [0.1, 0.15) is 4.90 Å². The molecule has 8 heteroatoms. The SMILES string of the molecule is Cn1cc(S(=O)(=O)N2CCCC2c2cccnc2)c(N)n1. The summed E-state index contributed by atoms with van der Waals surface area (Å²) in [6.07, 6.45) is 6.44. The van der Waals surface area contributed by atoms with Gasteiger partial charge in [0.25, 0.3) is 0 Å². The molecule has 0 saturated carbocycles. The van der Waals surface area contributed by atoms with Crippen LogP contribution in [0, 0.1) is 0 Å². The third kappa shape index (κ3) is 2.40. The van der Waals surface area contributed by atoms with Crippen LogP contribution < -0.4 is 5.73 Å². The van der Waals surface area contributed by atoms with E-state index in [1.165, 1.54) is 15.2 Å². The molecule has 21 heavy (non-hydrogen) atoms. The summed E-state index contributed by atoms with van der Waals surface area (Å²) in [6, 6.07) is 3.53. The van der Waals surface area contributed by atoms with Crippen molar-refractivity contribution in [3.05, 3.63) is 36.3 Å². The summed E-state index contributed by atoms with van der Waals surface area (Å²) in [4.78, 5) is 4.15. The van der Waals surface area contributed by atoms with Crippen LogP contribution in [0.25, 0.3) is 0 Å². The van der Waals surface area contributed by atoms with Crippen LogP contribution in [0.5, 0.6) is 0 Å². The second-order valence-electron chi connectivity index (χ2n) is 5.11. The van der Waals surface area contributed by atoms with Gasteiger partial charge in [0.15, 0.2) is 5.82 Å². The third-order valence-electron chi connectivity index (χ3n) is 3.68. The molecule has 0 bridgehead atoms. The van der Waals surface area contributed by atoms with Crippen LogP contribution in [-0.2, 0) is 17.1 Å². The number of pyridine rings is 1. The molecule has 0 amide bonds. The summed E-state index contributed by atoms with van der Waals surface area (Å²) < 4.78 is 28.6. The van der Waals surface area contributed by atoms with Crippen LogP contribution in [-0.4, -0.2) is 34.0 Å². The van der Waals surface area contributed by atoms with Crippen molar-refractivity contribution < 1.29 is 8.42 Å². The van der Waals surface area contributed by atoms with Crippen molar-refractivity contribution in [2.45, 2.75) is 23.8 Å². The Morgan fingerprint density at radius 3 is 2.86 bits per heavy atom. The Morgan fingerprint density at radius 2 is 2.24 bits per heavy atom. The van der Waals surface area contributed by atoms with E-state index in [-0.39, 0.29) is 16.8 Å². The fraction of sp³-hybridized carbons (Fsp3) is 0.385. The maximum atomic E-state index is 12.8. The predicted molar refractivity (Wildman–Crippen MR) is 77.7 cm³/mol. The summed E-state index contributed by atoms with van der Waals surface area (Å²) in [7, 11) is -2.00. The molecule has 7 nitrogen and oxygen atoms in total. The number of hydrogen-bond donors (Lipinski definition) is 1. The topological polar surface area (TPSA) is 94.1 Å². The van der Waals surface area contributed by atoms with E-state index >= 15 is 0 Å². The van der Waals surface area contributed by atoms with E-state index < -0.39 is 10.0 Å². The molecular formula is C13H17N5O2S. The lowest BCUT2D eigenvalue weighted by molar-refractivity contribution is 0.396. The second kappa shape index (κ2) is 5.12. The van der Waals surface area contributed by atoms with Crippen molar-refractivity contribution in [3.63, 3.8) is 0 Å². The molecule has 0 aromatic carbocycles. The Hall–Kier alpha value is -1.93. The average Bonchev–Trinajstić information content (AvgIpc) is 3.07. The fourth-order valence-electron chi connectivity index (χ4n) is 2.74. The lowest BCUT2D eigenvalue weighted by Crippen LogP contribution is -2.31. The highest BCUT2D eigenvalue weighted by molar-refractivity contribution is 7.89. The normalized spacial score (nSPS) is 20.0. The Balaban J connectivity index is 2.00. The second-order valence-corrected chi connectivity index (χ2v) is 6.97. The number of rotatable bonds is 3. The third-order valence-corrected chi connectivity index (χ3v) is 5.61. The summed E-state index contributed by atoms with van der Waals surface area (Å²) in [5, 5.41) is 3.92. The number of aromatic nitrogens is 3. The number of hydrogen-bond acceptors (Lipinski definition) is 5. The maximum absolute atomic E-state index is 12.8. The maximum Gasteiger partial charge on any atom is 0.248 e. The van der Waals surface area contributed by atoms with E-state index in [2.05, 4.69) is 10.1 Å².